The number of nitrogens with one attached hydrogen (secondary N) is 1. The minimum absolute atomic E-state index is 0.347. The first-order valence-electron chi connectivity index (χ1n) is 7.10. The second-order valence-electron chi connectivity index (χ2n) is 5.07. The van der Waals surface area contributed by atoms with Crippen LogP contribution in [0, 0.1) is 0 Å². The van der Waals surface area contributed by atoms with Crippen LogP contribution in [0.5, 0.6) is 0 Å². The van der Waals surface area contributed by atoms with E-state index >= 15 is 0 Å². The predicted octanol–water partition coefficient (Wildman–Crippen LogP) is 1.75. The third kappa shape index (κ3) is 3.26. The van der Waals surface area contributed by atoms with Gasteiger partial charge >= 0.3 is 0 Å². The van der Waals surface area contributed by atoms with Gasteiger partial charge in [-0.3, -0.25) is 4.79 Å². The van der Waals surface area contributed by atoms with E-state index in [1.54, 1.807) is 0 Å². The van der Waals surface area contributed by atoms with Crippen molar-refractivity contribution in [2.24, 2.45) is 5.73 Å². The molecule has 0 bridgehead atoms. The number of primary amides is 1. The van der Waals surface area contributed by atoms with Crippen LogP contribution in [0.15, 0.2) is 24.3 Å². The Bertz CT molecular complexity index is 427. The number of amides is 1. The average molecular weight is 261 g/mol. The van der Waals surface area contributed by atoms with E-state index in [-0.39, 0.29) is 5.91 Å². The fourth-order valence-electron chi connectivity index (χ4n) is 2.77. The lowest BCUT2D eigenvalue weighted by Gasteiger charge is -2.37. The largest absolute Gasteiger partial charge is 0.367 e. The van der Waals surface area contributed by atoms with E-state index in [1.165, 1.54) is 12.8 Å². The highest BCUT2D eigenvalue weighted by Crippen LogP contribution is 2.25. The SMILES string of the molecule is CCCN(c1ccccc1C(N)=O)C1CCCNC1. The molecule has 0 saturated carbocycles. The van der Waals surface area contributed by atoms with E-state index in [9.17, 15) is 4.79 Å². The van der Waals surface area contributed by atoms with Gasteiger partial charge in [-0.05, 0) is 37.9 Å². The topological polar surface area (TPSA) is 58.4 Å². The molecular weight excluding hydrogens is 238 g/mol. The number of carbonyl (C=O) groups excluding carboxylic acids is 1. The normalized spacial score (nSPS) is 19.1. The Labute approximate surface area is 115 Å². The summed E-state index contributed by atoms with van der Waals surface area (Å²) in [6.45, 7) is 5.19. The summed E-state index contributed by atoms with van der Waals surface area (Å²) in [5, 5.41) is 3.43. The lowest BCUT2D eigenvalue weighted by molar-refractivity contribution is 0.100. The van der Waals surface area contributed by atoms with E-state index in [1.807, 2.05) is 24.3 Å². The van der Waals surface area contributed by atoms with E-state index < -0.39 is 0 Å². The molecule has 1 atom stereocenters. The summed E-state index contributed by atoms with van der Waals surface area (Å²) < 4.78 is 0. The van der Waals surface area contributed by atoms with Gasteiger partial charge < -0.3 is 16.0 Å². The maximum absolute atomic E-state index is 11.6. The molecule has 1 fully saturated rings. The Hall–Kier alpha value is -1.55. The molecular formula is C15H23N3O. The van der Waals surface area contributed by atoms with Gasteiger partial charge in [0.25, 0.3) is 5.91 Å². The van der Waals surface area contributed by atoms with Crippen LogP contribution in [0.3, 0.4) is 0 Å². The summed E-state index contributed by atoms with van der Waals surface area (Å²) in [5.74, 6) is -0.347. The minimum Gasteiger partial charge on any atom is -0.367 e. The molecule has 1 aromatic rings. The van der Waals surface area contributed by atoms with E-state index in [0.717, 1.165) is 31.7 Å². The molecule has 0 radical (unpaired) electrons. The van der Waals surface area contributed by atoms with Gasteiger partial charge in [0, 0.05) is 24.8 Å². The molecule has 1 aliphatic heterocycles. The smallest absolute Gasteiger partial charge is 0.250 e. The summed E-state index contributed by atoms with van der Waals surface area (Å²) in [6, 6.07) is 8.11. The standard InChI is InChI=1S/C15H23N3O/c1-2-10-18(12-6-5-9-17-11-12)14-8-4-3-7-13(14)15(16)19/h3-4,7-8,12,17H,2,5-6,9-11H2,1H3,(H2,16,19). The van der Waals surface area contributed by atoms with Crippen LogP contribution in [-0.4, -0.2) is 31.6 Å². The van der Waals surface area contributed by atoms with Crippen LogP contribution in [-0.2, 0) is 0 Å². The van der Waals surface area contributed by atoms with Crippen LogP contribution in [0.1, 0.15) is 36.5 Å². The molecule has 1 aromatic carbocycles. The molecule has 104 valence electrons. The van der Waals surface area contributed by atoms with Gasteiger partial charge in [0.1, 0.15) is 0 Å². The highest BCUT2D eigenvalue weighted by molar-refractivity contribution is 5.98. The molecule has 0 aromatic heterocycles. The number of hydrogen-bond acceptors (Lipinski definition) is 3. The number of anilines is 1. The first-order valence-corrected chi connectivity index (χ1v) is 7.10. The lowest BCUT2D eigenvalue weighted by atomic mass is 10.0. The second kappa shape index (κ2) is 6.57. The second-order valence-corrected chi connectivity index (χ2v) is 5.07. The average Bonchev–Trinajstić information content (AvgIpc) is 2.45. The third-order valence-corrected chi connectivity index (χ3v) is 3.66. The first-order chi connectivity index (χ1) is 9.24. The maximum atomic E-state index is 11.6. The number of nitrogens with zero attached hydrogens (tertiary/aromatic N) is 1. The third-order valence-electron chi connectivity index (χ3n) is 3.66. The maximum Gasteiger partial charge on any atom is 0.250 e. The molecule has 0 spiro atoms. The Morgan fingerprint density at radius 3 is 2.89 bits per heavy atom. The summed E-state index contributed by atoms with van der Waals surface area (Å²) in [5.41, 5.74) is 7.10. The molecule has 1 aliphatic rings. The van der Waals surface area contributed by atoms with Gasteiger partial charge in [0.2, 0.25) is 0 Å². The van der Waals surface area contributed by atoms with Crippen molar-refractivity contribution in [1.29, 1.82) is 0 Å². The van der Waals surface area contributed by atoms with Crippen LogP contribution >= 0.6 is 0 Å². The number of nitrogens with two attached hydrogens (primary N) is 1. The van der Waals surface area contributed by atoms with Crippen molar-refractivity contribution < 1.29 is 4.79 Å². The highest BCUT2D eigenvalue weighted by atomic mass is 16.1. The summed E-state index contributed by atoms with van der Waals surface area (Å²) in [4.78, 5) is 13.9. The fourth-order valence-corrected chi connectivity index (χ4v) is 2.77. The Morgan fingerprint density at radius 2 is 2.26 bits per heavy atom. The van der Waals surface area contributed by atoms with Crippen LogP contribution in [0.4, 0.5) is 5.69 Å². The van der Waals surface area contributed by atoms with Gasteiger partial charge in [0.15, 0.2) is 0 Å². The molecule has 1 heterocycles. The molecule has 4 heteroatoms. The molecule has 1 amide bonds. The van der Waals surface area contributed by atoms with Gasteiger partial charge in [-0.15, -0.1) is 0 Å². The van der Waals surface area contributed by atoms with Crippen LogP contribution in [0.25, 0.3) is 0 Å². The zero-order valence-electron chi connectivity index (χ0n) is 11.6. The van der Waals surface area contributed by atoms with Crippen molar-refractivity contribution in [3.05, 3.63) is 29.8 Å². The van der Waals surface area contributed by atoms with Gasteiger partial charge in [-0.25, -0.2) is 0 Å². The molecule has 0 aliphatic carbocycles. The minimum atomic E-state index is -0.347. The van der Waals surface area contributed by atoms with Gasteiger partial charge in [-0.2, -0.15) is 0 Å². The van der Waals surface area contributed by atoms with Crippen molar-refractivity contribution in [2.45, 2.75) is 32.2 Å². The summed E-state index contributed by atoms with van der Waals surface area (Å²) in [7, 11) is 0. The Kier molecular flexibility index (Phi) is 4.80. The van der Waals surface area contributed by atoms with Crippen molar-refractivity contribution in [2.75, 3.05) is 24.5 Å². The molecule has 3 N–H and O–H groups in total. The van der Waals surface area contributed by atoms with Crippen molar-refractivity contribution in [3.8, 4) is 0 Å². The van der Waals surface area contributed by atoms with Gasteiger partial charge in [0.05, 0.1) is 5.56 Å². The fraction of sp³-hybridized carbons (Fsp3) is 0.533. The molecule has 1 unspecified atom stereocenters. The zero-order valence-corrected chi connectivity index (χ0v) is 11.6. The number of hydrogen-bond donors (Lipinski definition) is 2. The van der Waals surface area contributed by atoms with Gasteiger partial charge in [-0.1, -0.05) is 19.1 Å². The molecule has 19 heavy (non-hydrogen) atoms. The number of carbonyl (C=O) groups is 1. The summed E-state index contributed by atoms with van der Waals surface area (Å²) >= 11 is 0. The monoisotopic (exact) mass is 261 g/mol. The number of para-hydroxylation sites is 1. The summed E-state index contributed by atoms with van der Waals surface area (Å²) in [6.07, 6.45) is 3.41. The quantitative estimate of drug-likeness (QED) is 0.849. The van der Waals surface area contributed by atoms with Crippen LogP contribution < -0.4 is 16.0 Å². The molecule has 2 rings (SSSR count). The van der Waals surface area contributed by atoms with E-state index in [4.69, 9.17) is 5.73 Å². The number of rotatable bonds is 5. The van der Waals surface area contributed by atoms with Crippen molar-refractivity contribution in [3.63, 3.8) is 0 Å². The number of benzene rings is 1. The number of piperidine rings is 1. The Balaban J connectivity index is 2.29. The first kappa shape index (κ1) is 13.9. The lowest BCUT2D eigenvalue weighted by Crippen LogP contribution is -2.47. The van der Waals surface area contributed by atoms with Crippen LogP contribution in [0.2, 0.25) is 0 Å². The van der Waals surface area contributed by atoms with E-state index in [0.29, 0.717) is 11.6 Å². The Morgan fingerprint density at radius 1 is 1.47 bits per heavy atom. The highest BCUT2D eigenvalue weighted by Gasteiger charge is 2.23. The predicted molar refractivity (Wildman–Crippen MR) is 78.5 cm³/mol. The molecule has 4 nitrogen and oxygen atoms in total. The van der Waals surface area contributed by atoms with Crippen molar-refractivity contribution in [1.82, 2.24) is 5.32 Å². The molecule has 1 saturated heterocycles. The van der Waals surface area contributed by atoms with Crippen molar-refractivity contribution >= 4 is 11.6 Å². The zero-order chi connectivity index (χ0) is 13.7. The van der Waals surface area contributed by atoms with E-state index in [2.05, 4.69) is 17.1 Å².